The fourth-order valence-electron chi connectivity index (χ4n) is 4.72. The Morgan fingerprint density at radius 1 is 1.02 bits per heavy atom. The Kier molecular flexibility index (Phi) is 10.7. The normalized spacial score (nSPS) is 16.0. The van der Waals surface area contributed by atoms with E-state index in [1.54, 1.807) is 60.7 Å². The number of Topliss-reactive ketones (excluding diaryl/α,β-unsaturated/α-hetero) is 1. The second-order valence-corrected chi connectivity index (χ2v) is 13.6. The number of anilines is 1. The molecular weight excluding hydrogens is 653 g/mol. The van der Waals surface area contributed by atoms with Gasteiger partial charge in [0, 0.05) is 21.4 Å². The van der Waals surface area contributed by atoms with E-state index in [1.807, 2.05) is 13.0 Å². The summed E-state index contributed by atoms with van der Waals surface area (Å²) in [4.78, 5) is 28.6. The van der Waals surface area contributed by atoms with E-state index in [2.05, 4.69) is 24.0 Å². The summed E-state index contributed by atoms with van der Waals surface area (Å²) in [5.41, 5.74) is 1.76. The first-order chi connectivity index (χ1) is 21.7. The average molecular weight is 685 g/mol. The van der Waals surface area contributed by atoms with Gasteiger partial charge in [-0.25, -0.2) is 0 Å². The molecule has 12 heteroatoms. The van der Waals surface area contributed by atoms with Crippen molar-refractivity contribution in [2.45, 2.75) is 43.3 Å². The Balaban J connectivity index is 1.54. The second-order valence-electron chi connectivity index (χ2n) is 10.6. The third kappa shape index (κ3) is 7.47. The fraction of sp³-hybridized carbons (Fsp3) is 0.273. The minimum atomic E-state index is -0.995. The predicted molar refractivity (Wildman–Crippen MR) is 180 cm³/mol. The molecule has 1 fully saturated rings. The number of aromatic nitrogens is 2. The van der Waals surface area contributed by atoms with Gasteiger partial charge in [0.05, 0.1) is 24.8 Å². The van der Waals surface area contributed by atoms with E-state index in [-0.39, 0.29) is 16.5 Å². The second kappa shape index (κ2) is 14.7. The van der Waals surface area contributed by atoms with Gasteiger partial charge < -0.3 is 14.6 Å². The van der Waals surface area contributed by atoms with E-state index in [9.17, 15) is 14.7 Å². The number of rotatable bonds is 12. The third-order valence-electron chi connectivity index (χ3n) is 7.00. The molecule has 0 bridgehead atoms. The highest BCUT2D eigenvalue weighted by Crippen LogP contribution is 2.46. The number of halogens is 2. The molecule has 1 aliphatic heterocycles. The van der Waals surface area contributed by atoms with Crippen molar-refractivity contribution in [2.75, 3.05) is 18.1 Å². The van der Waals surface area contributed by atoms with Crippen molar-refractivity contribution >= 4 is 68.9 Å². The lowest BCUT2D eigenvalue weighted by molar-refractivity contribution is -0.132. The lowest BCUT2D eigenvalue weighted by Gasteiger charge is -2.23. The summed E-state index contributed by atoms with van der Waals surface area (Å²) in [6.07, 6.45) is 0.867. The first kappa shape index (κ1) is 32.8. The quantitative estimate of drug-likeness (QED) is 0.0521. The Hall–Kier alpha value is -3.57. The number of amides is 1. The molecule has 1 aliphatic rings. The molecular formula is C33H31Cl2N3O5S2. The van der Waals surface area contributed by atoms with E-state index in [1.165, 1.54) is 28.0 Å². The van der Waals surface area contributed by atoms with Crippen molar-refractivity contribution in [3.05, 3.63) is 99.0 Å². The molecule has 3 aromatic carbocycles. The SMILES string of the molecule is CCOc1cc(C2/C(=C(\O)c3ccccc3)C(=O)C(=O)N2c2nnc(SCc3ccc(Cl)cc3Cl)s2)ccc1OCCC(C)C. The molecule has 234 valence electrons. The maximum absolute atomic E-state index is 13.7. The minimum Gasteiger partial charge on any atom is -0.507 e. The van der Waals surface area contributed by atoms with Gasteiger partial charge in [0.25, 0.3) is 5.78 Å². The Labute approximate surface area is 280 Å². The van der Waals surface area contributed by atoms with Gasteiger partial charge in [0.2, 0.25) is 5.13 Å². The summed E-state index contributed by atoms with van der Waals surface area (Å²) in [7, 11) is 0. The van der Waals surface area contributed by atoms with Gasteiger partial charge in [-0.05, 0) is 54.7 Å². The smallest absolute Gasteiger partial charge is 0.301 e. The first-order valence-electron chi connectivity index (χ1n) is 14.3. The van der Waals surface area contributed by atoms with Crippen molar-refractivity contribution in [1.82, 2.24) is 10.2 Å². The van der Waals surface area contributed by atoms with Crippen LogP contribution in [0.1, 0.15) is 49.9 Å². The first-order valence-corrected chi connectivity index (χ1v) is 16.9. The molecule has 4 aromatic rings. The number of aliphatic hydroxyl groups is 1. The monoisotopic (exact) mass is 683 g/mol. The molecule has 1 N–H and O–H groups in total. The molecule has 1 atom stereocenters. The zero-order valence-electron chi connectivity index (χ0n) is 24.8. The predicted octanol–water partition coefficient (Wildman–Crippen LogP) is 8.59. The lowest BCUT2D eigenvalue weighted by Crippen LogP contribution is -2.29. The van der Waals surface area contributed by atoms with Crippen LogP contribution in [0.25, 0.3) is 5.76 Å². The highest BCUT2D eigenvalue weighted by Gasteiger charge is 2.48. The van der Waals surface area contributed by atoms with Gasteiger partial charge >= 0.3 is 5.91 Å². The number of ketones is 1. The lowest BCUT2D eigenvalue weighted by atomic mass is 9.95. The van der Waals surface area contributed by atoms with Crippen LogP contribution in [0.3, 0.4) is 0 Å². The van der Waals surface area contributed by atoms with Crippen LogP contribution in [0.4, 0.5) is 5.13 Å². The number of carbonyl (C=O) groups excluding carboxylic acids is 2. The zero-order chi connectivity index (χ0) is 32.1. The van der Waals surface area contributed by atoms with E-state index in [0.717, 1.165) is 12.0 Å². The third-order valence-corrected chi connectivity index (χ3v) is 9.69. The molecule has 0 spiro atoms. The molecule has 1 aromatic heterocycles. The summed E-state index contributed by atoms with van der Waals surface area (Å²) in [6, 6.07) is 18.2. The van der Waals surface area contributed by atoms with Crippen LogP contribution in [-0.4, -0.2) is 40.2 Å². The number of hydrogen-bond acceptors (Lipinski definition) is 9. The van der Waals surface area contributed by atoms with Crippen LogP contribution >= 0.6 is 46.3 Å². The van der Waals surface area contributed by atoms with Gasteiger partial charge in [0.1, 0.15) is 5.76 Å². The van der Waals surface area contributed by atoms with Gasteiger partial charge in [-0.1, -0.05) is 103 Å². The molecule has 1 amide bonds. The number of benzene rings is 3. The van der Waals surface area contributed by atoms with Crippen LogP contribution in [0.2, 0.25) is 10.0 Å². The van der Waals surface area contributed by atoms with E-state index in [0.29, 0.717) is 61.9 Å². The number of thioether (sulfide) groups is 1. The van der Waals surface area contributed by atoms with Gasteiger partial charge in [-0.2, -0.15) is 0 Å². The van der Waals surface area contributed by atoms with Crippen molar-refractivity contribution in [3.8, 4) is 11.5 Å². The standard InChI is InChI=1S/C33H31Cl2N3O5S2/c1-4-42-26-16-21(11-13-25(26)43-15-14-19(2)3)28-27(29(39)20-8-6-5-7-9-20)30(40)31(41)38(28)32-36-37-33(45-32)44-18-22-10-12-23(34)17-24(22)35/h5-13,16-17,19,28,39H,4,14-15,18H2,1-3H3/b29-27+. The topological polar surface area (TPSA) is 102 Å². The molecule has 1 saturated heterocycles. The maximum atomic E-state index is 13.7. The highest BCUT2D eigenvalue weighted by atomic mass is 35.5. The van der Waals surface area contributed by atoms with E-state index < -0.39 is 17.7 Å². The number of hydrogen-bond donors (Lipinski definition) is 1. The van der Waals surface area contributed by atoms with Gasteiger partial charge in [0.15, 0.2) is 15.8 Å². The minimum absolute atomic E-state index is 0.0560. The molecule has 2 heterocycles. The number of ether oxygens (including phenoxy) is 2. The maximum Gasteiger partial charge on any atom is 0.301 e. The van der Waals surface area contributed by atoms with Crippen LogP contribution in [0.5, 0.6) is 11.5 Å². The summed E-state index contributed by atoms with van der Waals surface area (Å²) < 4.78 is 12.5. The van der Waals surface area contributed by atoms with E-state index in [4.69, 9.17) is 32.7 Å². The highest BCUT2D eigenvalue weighted by molar-refractivity contribution is 8.00. The Bertz CT molecular complexity index is 1730. The van der Waals surface area contributed by atoms with Crippen LogP contribution in [0, 0.1) is 5.92 Å². The Morgan fingerprint density at radius 3 is 2.51 bits per heavy atom. The van der Waals surface area contributed by atoms with Crippen LogP contribution < -0.4 is 14.4 Å². The molecule has 8 nitrogen and oxygen atoms in total. The van der Waals surface area contributed by atoms with Crippen molar-refractivity contribution < 1.29 is 24.2 Å². The largest absolute Gasteiger partial charge is 0.507 e. The average Bonchev–Trinajstić information content (AvgIpc) is 3.59. The molecule has 0 aliphatic carbocycles. The van der Waals surface area contributed by atoms with Crippen molar-refractivity contribution in [2.24, 2.45) is 5.92 Å². The number of aliphatic hydroxyl groups excluding tert-OH is 1. The summed E-state index contributed by atoms with van der Waals surface area (Å²) in [5.74, 6) is 0.0599. The summed E-state index contributed by atoms with van der Waals surface area (Å²) in [5, 5.41) is 21.3. The van der Waals surface area contributed by atoms with Crippen LogP contribution in [-0.2, 0) is 15.3 Å². The van der Waals surface area contributed by atoms with E-state index >= 15 is 0 Å². The number of carbonyl (C=O) groups is 2. The van der Waals surface area contributed by atoms with Gasteiger partial charge in [-0.15, -0.1) is 10.2 Å². The van der Waals surface area contributed by atoms with Crippen molar-refractivity contribution in [1.29, 1.82) is 0 Å². The van der Waals surface area contributed by atoms with Crippen LogP contribution in [0.15, 0.2) is 76.6 Å². The zero-order valence-corrected chi connectivity index (χ0v) is 28.0. The summed E-state index contributed by atoms with van der Waals surface area (Å²) >= 11 is 14.9. The molecule has 0 saturated carbocycles. The summed E-state index contributed by atoms with van der Waals surface area (Å²) in [6.45, 7) is 6.99. The van der Waals surface area contributed by atoms with Crippen molar-refractivity contribution in [3.63, 3.8) is 0 Å². The Morgan fingerprint density at radius 2 is 1.80 bits per heavy atom. The number of nitrogens with zero attached hydrogens (tertiary/aromatic N) is 3. The fourth-order valence-corrected chi connectivity index (χ4v) is 7.15. The molecule has 5 rings (SSSR count). The van der Waals surface area contributed by atoms with Gasteiger partial charge in [-0.3, -0.25) is 14.5 Å². The molecule has 1 unspecified atom stereocenters. The molecule has 45 heavy (non-hydrogen) atoms. The molecule has 0 radical (unpaired) electrons.